The first-order valence-electron chi connectivity index (χ1n) is 7.87. The summed E-state index contributed by atoms with van der Waals surface area (Å²) in [5, 5.41) is 0. The lowest BCUT2D eigenvalue weighted by Gasteiger charge is -2.52. The summed E-state index contributed by atoms with van der Waals surface area (Å²) in [6, 6.07) is 0. The van der Waals surface area contributed by atoms with Gasteiger partial charge in [0.05, 0.1) is 6.10 Å². The molecule has 2 nitrogen and oxygen atoms in total. The molecule has 0 N–H and O–H groups in total. The van der Waals surface area contributed by atoms with Crippen LogP contribution < -0.4 is 0 Å². The Morgan fingerprint density at radius 3 is 2.80 bits per heavy atom. The molecule has 0 aromatic carbocycles. The van der Waals surface area contributed by atoms with E-state index in [4.69, 9.17) is 27.9 Å². The second kappa shape index (κ2) is 6.16. The molecule has 3 atom stereocenters. The Hall–Kier alpha value is 0.240. The van der Waals surface area contributed by atoms with Crippen molar-refractivity contribution in [2.24, 2.45) is 5.92 Å². The van der Waals surface area contributed by atoms with Crippen molar-refractivity contribution in [1.29, 1.82) is 0 Å². The summed E-state index contributed by atoms with van der Waals surface area (Å²) in [5.74, 6) is 2.16. The van der Waals surface area contributed by atoms with Crippen LogP contribution in [0, 0.1) is 5.92 Å². The summed E-state index contributed by atoms with van der Waals surface area (Å²) in [6.45, 7) is 2.41. The van der Waals surface area contributed by atoms with Crippen LogP contribution in [0.3, 0.4) is 0 Å². The van der Waals surface area contributed by atoms with E-state index >= 15 is 0 Å². The lowest BCUT2D eigenvalue weighted by molar-refractivity contribution is -0.0135. The quantitative estimate of drug-likeness (QED) is 0.577. The molecule has 3 rings (SSSR count). The van der Waals surface area contributed by atoms with Crippen molar-refractivity contribution >= 4 is 23.2 Å². The average Bonchev–Trinajstić information content (AvgIpc) is 2.86. The maximum absolute atomic E-state index is 6.25. The van der Waals surface area contributed by atoms with Crippen LogP contribution in [0.5, 0.6) is 0 Å². The predicted molar refractivity (Wildman–Crippen MR) is 84.8 cm³/mol. The minimum Gasteiger partial charge on any atom is -0.381 e. The Bertz CT molecular complexity index is 398. The van der Waals surface area contributed by atoms with E-state index in [2.05, 4.69) is 4.90 Å². The van der Waals surface area contributed by atoms with E-state index < -0.39 is 0 Å². The summed E-state index contributed by atoms with van der Waals surface area (Å²) in [4.78, 5) is 2.72. The van der Waals surface area contributed by atoms with Gasteiger partial charge in [-0.2, -0.15) is 0 Å². The van der Waals surface area contributed by atoms with E-state index in [1.54, 1.807) is 5.57 Å². The molecule has 1 aliphatic carbocycles. The SMILES string of the molecule is CO[C@@H]1CC[C@H]2CCN3CCC(CCl)=C(CCCl)[C@]23C1. The van der Waals surface area contributed by atoms with Gasteiger partial charge in [0.25, 0.3) is 0 Å². The Balaban J connectivity index is 2.02. The van der Waals surface area contributed by atoms with Gasteiger partial charge in [0.1, 0.15) is 0 Å². The van der Waals surface area contributed by atoms with Gasteiger partial charge in [-0.25, -0.2) is 0 Å². The molecule has 1 saturated heterocycles. The van der Waals surface area contributed by atoms with Gasteiger partial charge >= 0.3 is 0 Å². The zero-order chi connectivity index (χ0) is 14.2. The maximum atomic E-state index is 6.25. The Labute approximate surface area is 132 Å². The number of alkyl halides is 2. The molecule has 4 heteroatoms. The van der Waals surface area contributed by atoms with Crippen LogP contribution in [0.2, 0.25) is 0 Å². The van der Waals surface area contributed by atoms with Crippen LogP contribution in [0.1, 0.15) is 38.5 Å². The minimum absolute atomic E-state index is 0.219. The van der Waals surface area contributed by atoms with Gasteiger partial charge in [-0.15, -0.1) is 23.2 Å². The highest BCUT2D eigenvalue weighted by atomic mass is 35.5. The monoisotopic (exact) mass is 317 g/mol. The zero-order valence-electron chi connectivity index (χ0n) is 12.3. The number of halogens is 2. The van der Waals surface area contributed by atoms with E-state index in [1.807, 2.05) is 7.11 Å². The normalized spacial score (nSPS) is 38.0. The Morgan fingerprint density at radius 2 is 2.10 bits per heavy atom. The summed E-state index contributed by atoms with van der Waals surface area (Å²) in [5.41, 5.74) is 3.25. The smallest absolute Gasteiger partial charge is 0.0592 e. The molecule has 2 heterocycles. The summed E-state index contributed by atoms with van der Waals surface area (Å²) in [6.07, 6.45) is 7.48. The van der Waals surface area contributed by atoms with Crippen molar-refractivity contribution in [3.05, 3.63) is 11.1 Å². The summed E-state index contributed by atoms with van der Waals surface area (Å²) >= 11 is 12.4. The number of nitrogens with zero attached hydrogens (tertiary/aromatic N) is 1. The maximum Gasteiger partial charge on any atom is 0.0592 e. The van der Waals surface area contributed by atoms with Gasteiger partial charge in [-0.05, 0) is 56.6 Å². The molecule has 0 radical (unpaired) electrons. The highest BCUT2D eigenvalue weighted by Crippen LogP contribution is 2.53. The number of methoxy groups -OCH3 is 1. The lowest BCUT2D eigenvalue weighted by atomic mass is 9.65. The van der Waals surface area contributed by atoms with Crippen molar-refractivity contribution in [3.63, 3.8) is 0 Å². The number of ether oxygens (including phenoxy) is 1. The molecule has 0 aromatic rings. The molecular formula is C16H25Cl2NO. The van der Waals surface area contributed by atoms with Crippen LogP contribution >= 0.6 is 23.2 Å². The van der Waals surface area contributed by atoms with Gasteiger partial charge < -0.3 is 4.74 Å². The standard InChI is InChI=1S/C16H25Cl2NO/c1-20-14-3-2-13-6-9-19-8-5-12(11-18)15(4-7-17)16(13,19)10-14/h13-14H,2-11H2,1H3/t13-,14+,16-/m0/s1. The molecular weight excluding hydrogens is 293 g/mol. The van der Waals surface area contributed by atoms with E-state index in [-0.39, 0.29) is 5.54 Å². The number of hydrogen-bond acceptors (Lipinski definition) is 2. The Kier molecular flexibility index (Phi) is 4.66. The molecule has 0 unspecified atom stereocenters. The fourth-order valence-electron chi connectivity index (χ4n) is 4.96. The summed E-state index contributed by atoms with van der Waals surface area (Å²) in [7, 11) is 1.86. The van der Waals surface area contributed by atoms with Crippen LogP contribution in [0.15, 0.2) is 11.1 Å². The fourth-order valence-corrected chi connectivity index (χ4v) is 5.44. The Morgan fingerprint density at radius 1 is 1.25 bits per heavy atom. The molecule has 1 saturated carbocycles. The highest BCUT2D eigenvalue weighted by Gasteiger charge is 2.55. The first-order chi connectivity index (χ1) is 9.76. The van der Waals surface area contributed by atoms with Crippen molar-refractivity contribution in [2.75, 3.05) is 32.0 Å². The van der Waals surface area contributed by atoms with Gasteiger partial charge in [-0.1, -0.05) is 5.57 Å². The van der Waals surface area contributed by atoms with Crippen LogP contribution in [0.4, 0.5) is 0 Å². The van der Waals surface area contributed by atoms with Crippen LogP contribution in [0.25, 0.3) is 0 Å². The second-order valence-electron chi connectivity index (χ2n) is 6.44. The first kappa shape index (κ1) is 15.1. The second-order valence-corrected chi connectivity index (χ2v) is 7.09. The molecule has 2 fully saturated rings. The largest absolute Gasteiger partial charge is 0.381 e. The molecule has 20 heavy (non-hydrogen) atoms. The molecule has 0 aromatic heterocycles. The van der Waals surface area contributed by atoms with E-state index in [9.17, 15) is 0 Å². The van der Waals surface area contributed by atoms with E-state index in [1.165, 1.54) is 37.9 Å². The van der Waals surface area contributed by atoms with Gasteiger partial charge in [-0.3, -0.25) is 4.90 Å². The summed E-state index contributed by atoms with van der Waals surface area (Å²) < 4.78 is 5.72. The van der Waals surface area contributed by atoms with Gasteiger partial charge in [0.15, 0.2) is 0 Å². The van der Waals surface area contributed by atoms with Crippen molar-refractivity contribution in [1.82, 2.24) is 4.90 Å². The van der Waals surface area contributed by atoms with Crippen molar-refractivity contribution < 1.29 is 4.74 Å². The van der Waals surface area contributed by atoms with Crippen molar-refractivity contribution in [2.45, 2.75) is 50.2 Å². The molecule has 0 bridgehead atoms. The fraction of sp³-hybridized carbons (Fsp3) is 0.875. The third-order valence-corrected chi connectivity index (χ3v) is 6.35. The molecule has 3 aliphatic rings. The first-order valence-corrected chi connectivity index (χ1v) is 8.94. The van der Waals surface area contributed by atoms with Crippen molar-refractivity contribution in [3.8, 4) is 0 Å². The number of hydrogen-bond donors (Lipinski definition) is 0. The van der Waals surface area contributed by atoms with Crippen LogP contribution in [-0.4, -0.2) is 48.5 Å². The van der Waals surface area contributed by atoms with E-state index in [0.29, 0.717) is 17.9 Å². The molecule has 0 amide bonds. The number of rotatable bonds is 4. The third kappa shape index (κ3) is 2.24. The lowest BCUT2D eigenvalue weighted by Crippen LogP contribution is -2.57. The highest BCUT2D eigenvalue weighted by molar-refractivity contribution is 6.19. The molecule has 114 valence electrons. The van der Waals surface area contributed by atoms with Gasteiger partial charge in [0, 0.05) is 31.0 Å². The molecule has 1 spiro atoms. The molecule has 2 aliphatic heterocycles. The zero-order valence-corrected chi connectivity index (χ0v) is 13.8. The predicted octanol–water partition coefficient (Wildman–Crippen LogP) is 3.81. The van der Waals surface area contributed by atoms with E-state index in [0.717, 1.165) is 25.2 Å². The topological polar surface area (TPSA) is 12.5 Å². The average molecular weight is 318 g/mol. The third-order valence-electron chi connectivity index (χ3n) is 5.84. The minimum atomic E-state index is 0.219. The van der Waals surface area contributed by atoms with Crippen LogP contribution in [-0.2, 0) is 4.74 Å². The van der Waals surface area contributed by atoms with Gasteiger partial charge in [0.2, 0.25) is 0 Å².